The molecular weight excluding hydrogens is 191 g/mol. The van der Waals surface area contributed by atoms with Crippen LogP contribution in [0.1, 0.15) is 20.8 Å². The summed E-state index contributed by atoms with van der Waals surface area (Å²) >= 11 is -1.09. The molecule has 0 bridgehead atoms. The summed E-state index contributed by atoms with van der Waals surface area (Å²) in [6.45, 7) is 6.04. The molecule has 0 aromatic carbocycles. The standard InChI is InChI=1S/C7H15AsO2/c1-5(2)8(4)6(3)7(9)10/h5-6H,1-4H3,(H,9,10)/t6-,8?/m0/s1. The molecule has 2 atom stereocenters. The van der Waals surface area contributed by atoms with Gasteiger partial charge in [-0.05, 0) is 0 Å². The third-order valence-corrected chi connectivity index (χ3v) is 8.23. The molecule has 1 N–H and O–H groups in total. The SMILES string of the molecule is CC(C)[As](C)[C@@H](C)C(=O)O. The van der Waals surface area contributed by atoms with E-state index < -0.39 is 20.6 Å². The summed E-state index contributed by atoms with van der Waals surface area (Å²) < 4.78 is 0.520. The van der Waals surface area contributed by atoms with Crippen LogP contribution in [-0.2, 0) is 4.79 Å². The molecule has 0 aliphatic heterocycles. The number of carboxylic acids is 1. The normalized spacial score (nSPS) is 16.9. The zero-order valence-corrected chi connectivity index (χ0v) is 8.83. The van der Waals surface area contributed by atoms with Gasteiger partial charge in [0.2, 0.25) is 0 Å². The summed E-state index contributed by atoms with van der Waals surface area (Å²) in [5.74, 6) is -0.629. The summed E-state index contributed by atoms with van der Waals surface area (Å²) in [6, 6.07) is 0. The van der Waals surface area contributed by atoms with Crippen molar-refractivity contribution in [1.82, 2.24) is 0 Å². The van der Waals surface area contributed by atoms with Crippen LogP contribution in [0.2, 0.25) is 15.1 Å². The molecule has 0 rings (SSSR count). The Morgan fingerprint density at radius 1 is 1.40 bits per heavy atom. The molecule has 0 saturated carbocycles. The summed E-state index contributed by atoms with van der Waals surface area (Å²) in [7, 11) is 0. The van der Waals surface area contributed by atoms with Gasteiger partial charge in [0.15, 0.2) is 0 Å². The van der Waals surface area contributed by atoms with Crippen molar-refractivity contribution in [2.45, 2.75) is 35.9 Å². The van der Waals surface area contributed by atoms with Gasteiger partial charge in [0.1, 0.15) is 0 Å². The van der Waals surface area contributed by atoms with Gasteiger partial charge in [0.25, 0.3) is 0 Å². The third-order valence-electron chi connectivity index (χ3n) is 1.78. The number of carbonyl (C=O) groups is 1. The molecule has 0 aromatic rings. The fourth-order valence-electron chi connectivity index (χ4n) is 0.621. The average molecular weight is 206 g/mol. The zero-order chi connectivity index (χ0) is 8.31. The Kier molecular flexibility index (Phi) is 4.03. The molecule has 0 aromatic heterocycles. The third kappa shape index (κ3) is 2.74. The molecule has 60 valence electrons. The first-order chi connectivity index (χ1) is 4.46. The van der Waals surface area contributed by atoms with Crippen molar-refractivity contribution in [3.05, 3.63) is 0 Å². The van der Waals surface area contributed by atoms with Gasteiger partial charge in [0, 0.05) is 0 Å². The minimum atomic E-state index is -1.09. The predicted molar refractivity (Wildman–Crippen MR) is 43.8 cm³/mol. The van der Waals surface area contributed by atoms with E-state index in [1.807, 2.05) is 6.92 Å². The Balaban J connectivity index is 3.94. The van der Waals surface area contributed by atoms with E-state index >= 15 is 0 Å². The summed E-state index contributed by atoms with van der Waals surface area (Å²) in [5.41, 5.74) is 2.12. The summed E-state index contributed by atoms with van der Waals surface area (Å²) in [6.07, 6.45) is 0. The average Bonchev–Trinajstić information content (AvgIpc) is 1.84. The molecule has 0 aliphatic rings. The fraction of sp³-hybridized carbons (Fsp3) is 0.857. The first-order valence-electron chi connectivity index (χ1n) is 3.41. The van der Waals surface area contributed by atoms with E-state index in [4.69, 9.17) is 5.11 Å². The molecule has 3 heteroatoms. The van der Waals surface area contributed by atoms with Crippen LogP contribution in [0.5, 0.6) is 0 Å². The second-order valence-electron chi connectivity index (χ2n) is 2.77. The van der Waals surface area contributed by atoms with Crippen molar-refractivity contribution in [1.29, 1.82) is 0 Å². The van der Waals surface area contributed by atoms with E-state index in [1.54, 1.807) is 0 Å². The van der Waals surface area contributed by atoms with Crippen molar-refractivity contribution in [3.8, 4) is 0 Å². The quantitative estimate of drug-likeness (QED) is 0.717. The summed E-state index contributed by atoms with van der Waals surface area (Å²) in [5, 5.41) is 8.64. The molecule has 0 fully saturated rings. The first kappa shape index (κ1) is 10.0. The monoisotopic (exact) mass is 206 g/mol. The number of hydrogen-bond acceptors (Lipinski definition) is 1. The molecule has 10 heavy (non-hydrogen) atoms. The Labute approximate surface area is 66.9 Å². The van der Waals surface area contributed by atoms with E-state index in [2.05, 4.69) is 19.6 Å². The first-order valence-corrected chi connectivity index (χ1v) is 7.46. The molecule has 1 unspecified atom stereocenters. The zero-order valence-electron chi connectivity index (χ0n) is 6.96. The second-order valence-corrected chi connectivity index (χ2v) is 9.36. The number of rotatable bonds is 3. The van der Waals surface area contributed by atoms with Crippen molar-refractivity contribution in [2.24, 2.45) is 0 Å². The van der Waals surface area contributed by atoms with Gasteiger partial charge in [-0.3, -0.25) is 0 Å². The number of hydrogen-bond donors (Lipinski definition) is 1. The van der Waals surface area contributed by atoms with Gasteiger partial charge in [-0.15, -0.1) is 0 Å². The van der Waals surface area contributed by atoms with E-state index in [9.17, 15) is 4.79 Å². The molecule has 0 radical (unpaired) electrons. The van der Waals surface area contributed by atoms with Crippen molar-refractivity contribution >= 4 is 20.6 Å². The molecule has 0 spiro atoms. The van der Waals surface area contributed by atoms with Crippen LogP contribution in [0.4, 0.5) is 0 Å². The Morgan fingerprint density at radius 3 is 1.90 bits per heavy atom. The predicted octanol–water partition coefficient (Wildman–Crippen LogP) is 2.00. The van der Waals surface area contributed by atoms with Gasteiger partial charge in [-0.1, -0.05) is 0 Å². The number of carboxylic acid groups (broad SMARTS) is 1. The van der Waals surface area contributed by atoms with Crippen LogP contribution in [-0.4, -0.2) is 25.7 Å². The fourth-order valence-corrected chi connectivity index (χ4v) is 3.23. The molecular formula is C7H15AsO2. The second kappa shape index (κ2) is 4.02. The van der Waals surface area contributed by atoms with E-state index in [1.165, 1.54) is 0 Å². The maximum atomic E-state index is 10.5. The van der Waals surface area contributed by atoms with Gasteiger partial charge in [0.05, 0.1) is 0 Å². The van der Waals surface area contributed by atoms with Gasteiger partial charge < -0.3 is 0 Å². The van der Waals surface area contributed by atoms with Crippen LogP contribution >= 0.6 is 0 Å². The van der Waals surface area contributed by atoms with Crippen LogP contribution in [0.15, 0.2) is 0 Å². The Hall–Kier alpha value is 0.0284. The minimum absolute atomic E-state index is 0.0764. The molecule has 0 heterocycles. The topological polar surface area (TPSA) is 37.3 Å². The Bertz CT molecular complexity index is 123. The molecule has 0 amide bonds. The Morgan fingerprint density at radius 2 is 1.80 bits per heavy atom. The molecule has 2 nitrogen and oxygen atoms in total. The van der Waals surface area contributed by atoms with E-state index in [0.29, 0.717) is 4.71 Å². The maximum absolute atomic E-state index is 10.5. The summed E-state index contributed by atoms with van der Waals surface area (Å²) in [4.78, 5) is 10.5. The van der Waals surface area contributed by atoms with Crippen LogP contribution < -0.4 is 0 Å². The van der Waals surface area contributed by atoms with Crippen molar-refractivity contribution in [3.63, 3.8) is 0 Å². The van der Waals surface area contributed by atoms with Crippen molar-refractivity contribution < 1.29 is 9.90 Å². The van der Waals surface area contributed by atoms with Gasteiger partial charge in [-0.2, -0.15) is 0 Å². The van der Waals surface area contributed by atoms with E-state index in [0.717, 1.165) is 0 Å². The van der Waals surface area contributed by atoms with Gasteiger partial charge in [-0.25, -0.2) is 0 Å². The molecule has 0 aliphatic carbocycles. The van der Waals surface area contributed by atoms with Crippen LogP contribution in [0, 0.1) is 0 Å². The van der Waals surface area contributed by atoms with Crippen LogP contribution in [0.3, 0.4) is 0 Å². The van der Waals surface area contributed by atoms with Gasteiger partial charge >= 0.3 is 66.4 Å². The van der Waals surface area contributed by atoms with Crippen LogP contribution in [0.25, 0.3) is 0 Å². The van der Waals surface area contributed by atoms with Crippen molar-refractivity contribution in [2.75, 3.05) is 0 Å². The number of aliphatic carboxylic acids is 1. The molecule has 0 saturated heterocycles. The van der Waals surface area contributed by atoms with E-state index in [-0.39, 0.29) is 4.71 Å².